The van der Waals surface area contributed by atoms with Crippen molar-refractivity contribution in [1.82, 2.24) is 0 Å². The van der Waals surface area contributed by atoms with E-state index in [1.54, 1.807) is 6.92 Å². The van der Waals surface area contributed by atoms with Gasteiger partial charge in [0, 0.05) is 12.5 Å². The summed E-state index contributed by atoms with van der Waals surface area (Å²) in [6.07, 6.45) is 1.30. The number of carbonyl (C=O) groups excluding carboxylic acids is 1. The lowest BCUT2D eigenvalue weighted by Gasteiger charge is -1.91. The molecule has 0 aromatic carbocycles. The van der Waals surface area contributed by atoms with E-state index in [0.29, 0.717) is 6.42 Å². The normalized spacial score (nSPS) is 11.7. The molecule has 0 heterocycles. The number of halogens is 1. The van der Waals surface area contributed by atoms with Gasteiger partial charge in [-0.15, -0.1) is 12.4 Å². The van der Waals surface area contributed by atoms with Crippen LogP contribution in [0.15, 0.2) is 0 Å². The van der Waals surface area contributed by atoms with E-state index in [1.807, 2.05) is 0 Å². The minimum absolute atomic E-state index is 0. The van der Waals surface area contributed by atoms with Gasteiger partial charge in [0.15, 0.2) is 0 Å². The SMILES string of the molecule is CC(N)CC=O.Cl. The van der Waals surface area contributed by atoms with Crippen LogP contribution in [-0.2, 0) is 4.79 Å². The fourth-order valence-electron chi connectivity index (χ4n) is 0.152. The second kappa shape index (κ2) is 5.92. The summed E-state index contributed by atoms with van der Waals surface area (Å²) in [5.74, 6) is 0. The molecule has 0 aromatic rings. The van der Waals surface area contributed by atoms with Crippen LogP contribution >= 0.6 is 12.4 Å². The van der Waals surface area contributed by atoms with Crippen molar-refractivity contribution in [1.29, 1.82) is 0 Å². The summed E-state index contributed by atoms with van der Waals surface area (Å²) < 4.78 is 0. The van der Waals surface area contributed by atoms with Gasteiger partial charge in [0.2, 0.25) is 0 Å². The number of nitrogens with two attached hydrogens (primary N) is 1. The Bertz CT molecular complexity index is 47.0. The fraction of sp³-hybridized carbons (Fsp3) is 0.750. The van der Waals surface area contributed by atoms with Crippen molar-refractivity contribution in [2.75, 3.05) is 0 Å². The van der Waals surface area contributed by atoms with Gasteiger partial charge in [-0.2, -0.15) is 0 Å². The fourth-order valence-corrected chi connectivity index (χ4v) is 0.152. The van der Waals surface area contributed by atoms with E-state index in [0.717, 1.165) is 6.29 Å². The third-order valence-corrected chi connectivity index (χ3v) is 0.468. The summed E-state index contributed by atoms with van der Waals surface area (Å²) in [5, 5.41) is 0. The predicted molar refractivity (Wildman–Crippen MR) is 31.6 cm³/mol. The maximum absolute atomic E-state index is 9.54. The van der Waals surface area contributed by atoms with Crippen molar-refractivity contribution >= 4 is 18.7 Å². The zero-order valence-corrected chi connectivity index (χ0v) is 5.07. The summed E-state index contributed by atoms with van der Waals surface area (Å²) >= 11 is 0. The summed E-state index contributed by atoms with van der Waals surface area (Å²) in [5.41, 5.74) is 5.17. The van der Waals surface area contributed by atoms with Crippen LogP contribution in [0.5, 0.6) is 0 Å². The van der Waals surface area contributed by atoms with Crippen LogP contribution < -0.4 is 5.73 Å². The van der Waals surface area contributed by atoms with Gasteiger partial charge in [0.25, 0.3) is 0 Å². The summed E-state index contributed by atoms with van der Waals surface area (Å²) in [6, 6.07) is 0.0301. The summed E-state index contributed by atoms with van der Waals surface area (Å²) in [7, 11) is 0. The number of aldehydes is 1. The average molecular weight is 124 g/mol. The van der Waals surface area contributed by atoms with Gasteiger partial charge in [0.1, 0.15) is 6.29 Å². The van der Waals surface area contributed by atoms with E-state index in [1.165, 1.54) is 0 Å². The van der Waals surface area contributed by atoms with Crippen LogP contribution in [-0.4, -0.2) is 12.3 Å². The highest BCUT2D eigenvalue weighted by molar-refractivity contribution is 5.85. The van der Waals surface area contributed by atoms with Crippen molar-refractivity contribution in [3.05, 3.63) is 0 Å². The van der Waals surface area contributed by atoms with Crippen molar-refractivity contribution in [3.8, 4) is 0 Å². The highest BCUT2D eigenvalue weighted by atomic mass is 35.5. The second-order valence-electron chi connectivity index (χ2n) is 1.38. The minimum Gasteiger partial charge on any atom is -0.328 e. The van der Waals surface area contributed by atoms with Crippen LogP contribution in [0.2, 0.25) is 0 Å². The van der Waals surface area contributed by atoms with Crippen molar-refractivity contribution < 1.29 is 4.79 Å². The van der Waals surface area contributed by atoms with Gasteiger partial charge in [-0.3, -0.25) is 0 Å². The molecule has 0 aliphatic carbocycles. The van der Waals surface area contributed by atoms with Crippen LogP contribution in [0.1, 0.15) is 13.3 Å². The Labute approximate surface area is 49.5 Å². The molecule has 1 unspecified atom stereocenters. The number of hydrogen-bond donors (Lipinski definition) is 1. The molecule has 0 rings (SSSR count). The van der Waals surface area contributed by atoms with Crippen LogP contribution in [0, 0.1) is 0 Å². The van der Waals surface area contributed by atoms with Gasteiger partial charge >= 0.3 is 0 Å². The van der Waals surface area contributed by atoms with Crippen LogP contribution in [0.3, 0.4) is 0 Å². The molecular formula is C4H10ClNO. The predicted octanol–water partition coefficient (Wildman–Crippen LogP) is 0.344. The number of carbonyl (C=O) groups is 1. The van der Waals surface area contributed by atoms with Gasteiger partial charge in [-0.25, -0.2) is 0 Å². The molecular weight excluding hydrogens is 114 g/mol. The smallest absolute Gasteiger partial charge is 0.121 e. The molecule has 0 aromatic heterocycles. The van der Waals surface area contributed by atoms with Crippen LogP contribution in [0.25, 0.3) is 0 Å². The first-order valence-corrected chi connectivity index (χ1v) is 1.96. The number of rotatable bonds is 2. The van der Waals surface area contributed by atoms with E-state index in [-0.39, 0.29) is 18.4 Å². The third-order valence-electron chi connectivity index (χ3n) is 0.468. The Balaban J connectivity index is 0. The zero-order valence-electron chi connectivity index (χ0n) is 4.26. The standard InChI is InChI=1S/C4H9NO.ClH/c1-4(5)2-3-6;/h3-4H,2,5H2,1H3;1H. The maximum Gasteiger partial charge on any atom is 0.121 e. The molecule has 3 heteroatoms. The Morgan fingerprint density at radius 1 is 1.86 bits per heavy atom. The monoisotopic (exact) mass is 123 g/mol. The Morgan fingerprint density at radius 2 is 2.29 bits per heavy atom. The molecule has 2 nitrogen and oxygen atoms in total. The summed E-state index contributed by atoms with van der Waals surface area (Å²) in [6.45, 7) is 1.80. The summed E-state index contributed by atoms with van der Waals surface area (Å²) in [4.78, 5) is 9.54. The molecule has 1 atom stereocenters. The zero-order chi connectivity index (χ0) is 4.99. The first kappa shape index (κ1) is 10.0. The molecule has 0 fully saturated rings. The topological polar surface area (TPSA) is 43.1 Å². The van der Waals surface area contributed by atoms with E-state index in [4.69, 9.17) is 5.73 Å². The minimum atomic E-state index is 0. The van der Waals surface area contributed by atoms with E-state index >= 15 is 0 Å². The van der Waals surface area contributed by atoms with Crippen molar-refractivity contribution in [3.63, 3.8) is 0 Å². The van der Waals surface area contributed by atoms with Gasteiger partial charge in [-0.1, -0.05) is 0 Å². The Morgan fingerprint density at radius 3 is 2.29 bits per heavy atom. The largest absolute Gasteiger partial charge is 0.328 e. The van der Waals surface area contributed by atoms with Gasteiger partial charge in [0.05, 0.1) is 0 Å². The first-order chi connectivity index (χ1) is 2.77. The lowest BCUT2D eigenvalue weighted by molar-refractivity contribution is -0.108. The molecule has 0 aliphatic rings. The number of hydrogen-bond acceptors (Lipinski definition) is 2. The van der Waals surface area contributed by atoms with Crippen molar-refractivity contribution in [2.24, 2.45) is 5.73 Å². The molecule has 0 aliphatic heterocycles. The quantitative estimate of drug-likeness (QED) is 0.539. The van der Waals surface area contributed by atoms with E-state index in [2.05, 4.69) is 0 Å². The molecule has 0 spiro atoms. The first-order valence-electron chi connectivity index (χ1n) is 1.96. The van der Waals surface area contributed by atoms with E-state index in [9.17, 15) is 4.79 Å². The molecule has 44 valence electrons. The molecule has 0 amide bonds. The lowest BCUT2D eigenvalue weighted by atomic mass is 10.3. The van der Waals surface area contributed by atoms with E-state index < -0.39 is 0 Å². The third kappa shape index (κ3) is 10.7. The molecule has 0 saturated heterocycles. The molecule has 2 N–H and O–H groups in total. The van der Waals surface area contributed by atoms with Crippen LogP contribution in [0.4, 0.5) is 0 Å². The maximum atomic E-state index is 9.54. The van der Waals surface area contributed by atoms with Gasteiger partial charge in [-0.05, 0) is 6.92 Å². The molecule has 0 bridgehead atoms. The molecule has 0 saturated carbocycles. The van der Waals surface area contributed by atoms with Crippen molar-refractivity contribution in [2.45, 2.75) is 19.4 Å². The Kier molecular flexibility index (Phi) is 8.47. The van der Waals surface area contributed by atoms with Gasteiger partial charge < -0.3 is 10.5 Å². The molecule has 0 radical (unpaired) electrons. The second-order valence-corrected chi connectivity index (χ2v) is 1.38. The lowest BCUT2D eigenvalue weighted by Crippen LogP contribution is -2.14. The molecule has 7 heavy (non-hydrogen) atoms. The Hall–Kier alpha value is -0.0800. The highest BCUT2D eigenvalue weighted by Crippen LogP contribution is 1.75. The average Bonchev–Trinajstić information content (AvgIpc) is 1.35. The highest BCUT2D eigenvalue weighted by Gasteiger charge is 1.85.